The molecule has 2 aliphatic rings. The van der Waals surface area contributed by atoms with E-state index in [1.807, 2.05) is 4.90 Å². The van der Waals surface area contributed by atoms with Gasteiger partial charge in [0.05, 0.1) is 0 Å². The molecule has 0 aromatic heterocycles. The largest absolute Gasteiger partial charge is 0.409 e. The molecular formula is C16H29N3O2. The van der Waals surface area contributed by atoms with Crippen molar-refractivity contribution in [2.24, 2.45) is 22.2 Å². The summed E-state index contributed by atoms with van der Waals surface area (Å²) in [7, 11) is 0. The van der Waals surface area contributed by atoms with Crippen molar-refractivity contribution in [2.75, 3.05) is 6.54 Å². The van der Waals surface area contributed by atoms with Gasteiger partial charge in [0, 0.05) is 12.6 Å². The van der Waals surface area contributed by atoms with Crippen LogP contribution in [0.1, 0.15) is 65.2 Å². The van der Waals surface area contributed by atoms with Gasteiger partial charge in [-0.3, -0.25) is 4.79 Å². The third-order valence-corrected chi connectivity index (χ3v) is 5.19. The maximum atomic E-state index is 13.1. The highest BCUT2D eigenvalue weighted by Gasteiger charge is 2.51. The lowest BCUT2D eigenvalue weighted by atomic mass is 9.66. The Labute approximate surface area is 127 Å². The molecule has 2 fully saturated rings. The Bertz CT molecular complexity index is 396. The molecular weight excluding hydrogens is 266 g/mol. The standard InChI is InChI=1S/C16H29N3O2/c1-12(2)8-11-19(13-6-3-4-7-13)15(20)16(9-5-10-16)14(17)18-21/h12-13,21H,3-11H2,1-2H3,(H2,17,18). The number of hydrogen-bond acceptors (Lipinski definition) is 3. The van der Waals surface area contributed by atoms with Gasteiger partial charge in [-0.1, -0.05) is 38.3 Å². The lowest BCUT2D eigenvalue weighted by Crippen LogP contribution is -2.57. The van der Waals surface area contributed by atoms with Crippen LogP contribution in [-0.2, 0) is 4.79 Å². The van der Waals surface area contributed by atoms with E-state index in [1.165, 1.54) is 12.8 Å². The van der Waals surface area contributed by atoms with Gasteiger partial charge in [0.1, 0.15) is 5.41 Å². The average Bonchev–Trinajstić information content (AvgIpc) is 2.91. The van der Waals surface area contributed by atoms with Crippen molar-refractivity contribution in [3.05, 3.63) is 0 Å². The first-order valence-corrected chi connectivity index (χ1v) is 8.30. The van der Waals surface area contributed by atoms with Gasteiger partial charge in [-0.25, -0.2) is 0 Å². The molecule has 5 nitrogen and oxygen atoms in total. The third-order valence-electron chi connectivity index (χ3n) is 5.19. The minimum Gasteiger partial charge on any atom is -0.409 e. The van der Waals surface area contributed by atoms with E-state index in [0.717, 1.165) is 32.2 Å². The van der Waals surface area contributed by atoms with Gasteiger partial charge in [0.2, 0.25) is 5.91 Å². The summed E-state index contributed by atoms with van der Waals surface area (Å²) >= 11 is 0. The Morgan fingerprint density at radius 2 is 1.95 bits per heavy atom. The van der Waals surface area contributed by atoms with E-state index in [4.69, 9.17) is 10.9 Å². The lowest BCUT2D eigenvalue weighted by Gasteiger charge is -2.44. The van der Waals surface area contributed by atoms with Crippen molar-refractivity contribution in [3.63, 3.8) is 0 Å². The first kappa shape index (κ1) is 16.1. The highest BCUT2D eigenvalue weighted by Crippen LogP contribution is 2.44. The summed E-state index contributed by atoms with van der Waals surface area (Å²) in [6.07, 6.45) is 8.00. The van der Waals surface area contributed by atoms with E-state index in [-0.39, 0.29) is 11.7 Å². The van der Waals surface area contributed by atoms with Gasteiger partial charge < -0.3 is 15.8 Å². The molecule has 0 spiro atoms. The van der Waals surface area contributed by atoms with Crippen molar-refractivity contribution in [2.45, 2.75) is 71.3 Å². The fraction of sp³-hybridized carbons (Fsp3) is 0.875. The van der Waals surface area contributed by atoms with Crippen molar-refractivity contribution >= 4 is 11.7 Å². The van der Waals surface area contributed by atoms with E-state index in [9.17, 15) is 4.79 Å². The predicted octanol–water partition coefficient (Wildman–Crippen LogP) is 2.72. The molecule has 0 bridgehead atoms. The normalized spacial score (nSPS) is 22.3. The smallest absolute Gasteiger partial charge is 0.236 e. The minimum absolute atomic E-state index is 0.0941. The van der Waals surface area contributed by atoms with Crippen LogP contribution in [0.2, 0.25) is 0 Å². The number of rotatable bonds is 6. The van der Waals surface area contributed by atoms with Gasteiger partial charge in [-0.15, -0.1) is 0 Å². The van der Waals surface area contributed by atoms with Gasteiger partial charge in [0.15, 0.2) is 5.84 Å². The Hall–Kier alpha value is -1.26. The summed E-state index contributed by atoms with van der Waals surface area (Å²) < 4.78 is 0. The van der Waals surface area contributed by atoms with Crippen LogP contribution < -0.4 is 5.73 Å². The molecule has 0 aromatic rings. The number of hydrogen-bond donors (Lipinski definition) is 2. The van der Waals surface area contributed by atoms with Gasteiger partial charge >= 0.3 is 0 Å². The predicted molar refractivity (Wildman–Crippen MR) is 83.1 cm³/mol. The maximum absolute atomic E-state index is 13.1. The highest BCUT2D eigenvalue weighted by molar-refractivity contribution is 6.07. The number of amidine groups is 1. The van der Waals surface area contributed by atoms with Crippen molar-refractivity contribution in [3.8, 4) is 0 Å². The molecule has 0 radical (unpaired) electrons. The molecule has 2 saturated carbocycles. The number of nitrogens with zero attached hydrogens (tertiary/aromatic N) is 2. The van der Waals surface area contributed by atoms with E-state index in [2.05, 4.69) is 19.0 Å². The number of nitrogens with two attached hydrogens (primary N) is 1. The summed E-state index contributed by atoms with van der Waals surface area (Å²) in [5, 5.41) is 12.2. The monoisotopic (exact) mass is 295 g/mol. The zero-order chi connectivity index (χ0) is 15.5. The quantitative estimate of drug-likeness (QED) is 0.342. The lowest BCUT2D eigenvalue weighted by molar-refractivity contribution is -0.144. The van der Waals surface area contributed by atoms with Crippen LogP contribution in [0, 0.1) is 11.3 Å². The van der Waals surface area contributed by atoms with Crippen LogP contribution in [0.15, 0.2) is 5.16 Å². The Kier molecular flexibility index (Phi) is 5.12. The Morgan fingerprint density at radius 3 is 2.38 bits per heavy atom. The van der Waals surface area contributed by atoms with E-state index in [0.29, 0.717) is 24.8 Å². The van der Waals surface area contributed by atoms with Gasteiger partial charge in [-0.05, 0) is 38.0 Å². The number of oxime groups is 1. The van der Waals surface area contributed by atoms with Crippen LogP contribution in [-0.4, -0.2) is 34.4 Å². The molecule has 0 atom stereocenters. The molecule has 21 heavy (non-hydrogen) atoms. The average molecular weight is 295 g/mol. The second kappa shape index (κ2) is 6.67. The summed E-state index contributed by atoms with van der Waals surface area (Å²) in [4.78, 5) is 15.1. The third kappa shape index (κ3) is 3.16. The minimum atomic E-state index is -0.728. The first-order valence-electron chi connectivity index (χ1n) is 8.30. The summed E-state index contributed by atoms with van der Waals surface area (Å²) in [5.41, 5.74) is 5.13. The molecule has 1 amide bonds. The second-order valence-electron chi connectivity index (χ2n) is 7.04. The van der Waals surface area contributed by atoms with Crippen LogP contribution in [0.5, 0.6) is 0 Å². The molecule has 2 rings (SSSR count). The zero-order valence-electron chi connectivity index (χ0n) is 13.3. The number of amides is 1. The van der Waals surface area contributed by atoms with Gasteiger partial charge in [0.25, 0.3) is 0 Å². The van der Waals surface area contributed by atoms with Crippen LogP contribution >= 0.6 is 0 Å². The van der Waals surface area contributed by atoms with Crippen LogP contribution in [0.3, 0.4) is 0 Å². The fourth-order valence-electron chi connectivity index (χ4n) is 3.54. The summed E-state index contributed by atoms with van der Waals surface area (Å²) in [5.74, 6) is 0.769. The Morgan fingerprint density at radius 1 is 1.33 bits per heavy atom. The van der Waals surface area contributed by atoms with Crippen molar-refractivity contribution in [1.29, 1.82) is 0 Å². The van der Waals surface area contributed by atoms with Crippen LogP contribution in [0.4, 0.5) is 0 Å². The molecule has 120 valence electrons. The molecule has 2 aliphatic carbocycles. The molecule has 0 aliphatic heterocycles. The van der Waals surface area contributed by atoms with E-state index < -0.39 is 5.41 Å². The SMILES string of the molecule is CC(C)CCN(C(=O)C1(C(N)=NO)CCC1)C1CCCC1. The molecule has 0 unspecified atom stereocenters. The Balaban J connectivity index is 2.16. The van der Waals surface area contributed by atoms with Gasteiger partial charge in [-0.2, -0.15) is 0 Å². The topological polar surface area (TPSA) is 78.9 Å². The first-order chi connectivity index (χ1) is 10.0. The van der Waals surface area contributed by atoms with E-state index >= 15 is 0 Å². The summed E-state index contributed by atoms with van der Waals surface area (Å²) in [6, 6.07) is 0.347. The van der Waals surface area contributed by atoms with E-state index in [1.54, 1.807) is 0 Å². The zero-order valence-corrected chi connectivity index (χ0v) is 13.3. The summed E-state index contributed by atoms with van der Waals surface area (Å²) in [6.45, 7) is 5.15. The number of carbonyl (C=O) groups excluding carboxylic acids is 1. The molecule has 5 heteroatoms. The molecule has 0 saturated heterocycles. The molecule has 0 heterocycles. The fourth-order valence-corrected chi connectivity index (χ4v) is 3.54. The molecule has 0 aromatic carbocycles. The van der Waals surface area contributed by atoms with Crippen molar-refractivity contribution < 1.29 is 10.0 Å². The highest BCUT2D eigenvalue weighted by atomic mass is 16.4. The molecule has 3 N–H and O–H groups in total. The maximum Gasteiger partial charge on any atom is 0.236 e. The second-order valence-corrected chi connectivity index (χ2v) is 7.04. The number of carbonyl (C=O) groups is 1. The van der Waals surface area contributed by atoms with Crippen LogP contribution in [0.25, 0.3) is 0 Å². The van der Waals surface area contributed by atoms with Crippen molar-refractivity contribution in [1.82, 2.24) is 4.90 Å².